The molecule has 0 aliphatic carbocycles. The van der Waals surface area contributed by atoms with Crippen LogP contribution in [0, 0.1) is 0 Å². The number of nitrogens with zero attached hydrogens (tertiary/aromatic N) is 2. The lowest BCUT2D eigenvalue weighted by Gasteiger charge is -2.22. The number of anilines is 2. The first-order valence-electron chi connectivity index (χ1n) is 7.34. The van der Waals surface area contributed by atoms with Crippen molar-refractivity contribution in [2.75, 3.05) is 17.2 Å². The molecule has 114 valence electrons. The van der Waals surface area contributed by atoms with Crippen LogP contribution in [0.25, 0.3) is 0 Å². The molecule has 0 radical (unpaired) electrons. The predicted molar refractivity (Wildman–Crippen MR) is 80.0 cm³/mol. The van der Waals surface area contributed by atoms with E-state index in [2.05, 4.69) is 32.8 Å². The summed E-state index contributed by atoms with van der Waals surface area (Å²) in [5.74, 6) is 1.57. The number of nitrogens with one attached hydrogen (secondary N) is 3. The molecule has 0 saturated carbocycles. The largest absolute Gasteiger partial charge is 0.370 e. The topological polar surface area (TPSA) is 96.0 Å². The zero-order chi connectivity index (χ0) is 15.2. The first-order chi connectivity index (χ1) is 10.1. The molecule has 1 saturated heterocycles. The summed E-state index contributed by atoms with van der Waals surface area (Å²) in [6.45, 7) is 4.83. The highest BCUT2D eigenvalue weighted by atomic mass is 16.2. The van der Waals surface area contributed by atoms with Gasteiger partial charge in [-0.05, 0) is 19.8 Å². The quantitative estimate of drug-likeness (QED) is 0.679. The second kappa shape index (κ2) is 7.01. The van der Waals surface area contributed by atoms with Gasteiger partial charge >= 0.3 is 0 Å². The molecule has 1 aliphatic heterocycles. The fraction of sp³-hybridized carbons (Fsp3) is 0.571. The molecule has 2 amide bonds. The first-order valence-corrected chi connectivity index (χ1v) is 7.34. The molecule has 3 N–H and O–H groups in total. The molecule has 2 rings (SSSR count). The third kappa shape index (κ3) is 4.14. The normalized spacial score (nSPS) is 18.3. The van der Waals surface area contributed by atoms with Crippen LogP contribution in [0.4, 0.5) is 11.6 Å². The van der Waals surface area contributed by atoms with E-state index in [1.165, 1.54) is 0 Å². The lowest BCUT2D eigenvalue weighted by molar-refractivity contribution is -0.133. The molecule has 21 heavy (non-hydrogen) atoms. The van der Waals surface area contributed by atoms with Gasteiger partial charge in [0.05, 0.1) is 0 Å². The van der Waals surface area contributed by atoms with E-state index in [-0.39, 0.29) is 11.8 Å². The smallest absolute Gasteiger partial charge is 0.249 e. The second-order valence-corrected chi connectivity index (χ2v) is 4.98. The van der Waals surface area contributed by atoms with Gasteiger partial charge < -0.3 is 10.6 Å². The van der Waals surface area contributed by atoms with Crippen LogP contribution in [0.15, 0.2) is 6.07 Å². The number of hydrogen-bond acceptors (Lipinski definition) is 6. The van der Waals surface area contributed by atoms with Gasteiger partial charge in [0.2, 0.25) is 11.8 Å². The SMILES string of the molecule is CCCc1nc(NCC)cc(NC2CCC(=O)NC2=O)n1. The molecule has 7 heteroatoms. The van der Waals surface area contributed by atoms with Crippen molar-refractivity contribution in [2.45, 2.75) is 45.6 Å². The fourth-order valence-electron chi connectivity index (χ4n) is 2.19. The van der Waals surface area contributed by atoms with E-state index in [0.717, 1.165) is 31.0 Å². The van der Waals surface area contributed by atoms with Crippen LogP contribution < -0.4 is 16.0 Å². The van der Waals surface area contributed by atoms with Gasteiger partial charge in [0.25, 0.3) is 0 Å². The summed E-state index contributed by atoms with van der Waals surface area (Å²) in [6, 6.07) is 1.35. The van der Waals surface area contributed by atoms with Crippen molar-refractivity contribution in [1.29, 1.82) is 0 Å². The van der Waals surface area contributed by atoms with Crippen LogP contribution in [0.2, 0.25) is 0 Å². The number of imide groups is 1. The minimum atomic E-state index is -0.429. The van der Waals surface area contributed by atoms with Gasteiger partial charge in [-0.15, -0.1) is 0 Å². The average Bonchev–Trinajstić information content (AvgIpc) is 2.42. The number of amides is 2. The van der Waals surface area contributed by atoms with Crippen LogP contribution in [0.5, 0.6) is 0 Å². The number of aromatic nitrogens is 2. The Morgan fingerprint density at radius 3 is 2.71 bits per heavy atom. The number of rotatable bonds is 6. The zero-order valence-electron chi connectivity index (χ0n) is 12.4. The molecule has 0 aromatic carbocycles. The van der Waals surface area contributed by atoms with E-state index in [4.69, 9.17) is 0 Å². The summed E-state index contributed by atoms with van der Waals surface area (Å²) in [7, 11) is 0. The minimum absolute atomic E-state index is 0.222. The maximum Gasteiger partial charge on any atom is 0.249 e. The van der Waals surface area contributed by atoms with E-state index in [1.807, 2.05) is 6.92 Å². The van der Waals surface area contributed by atoms with Gasteiger partial charge in [-0.3, -0.25) is 14.9 Å². The molecule has 0 bridgehead atoms. The van der Waals surface area contributed by atoms with E-state index >= 15 is 0 Å². The van der Waals surface area contributed by atoms with E-state index in [1.54, 1.807) is 6.07 Å². The second-order valence-electron chi connectivity index (χ2n) is 4.98. The number of carbonyl (C=O) groups is 2. The lowest BCUT2D eigenvalue weighted by atomic mass is 10.1. The molecular formula is C14H21N5O2. The summed E-state index contributed by atoms with van der Waals surface area (Å²) in [6.07, 6.45) is 2.56. The first kappa shape index (κ1) is 15.2. The van der Waals surface area contributed by atoms with Crippen molar-refractivity contribution in [3.63, 3.8) is 0 Å². The van der Waals surface area contributed by atoms with Crippen LogP contribution in [-0.4, -0.2) is 34.4 Å². The number of aryl methyl sites for hydroxylation is 1. The summed E-state index contributed by atoms with van der Waals surface area (Å²) in [4.78, 5) is 31.8. The monoisotopic (exact) mass is 291 g/mol. The molecule has 7 nitrogen and oxygen atoms in total. The average molecular weight is 291 g/mol. The highest BCUT2D eigenvalue weighted by molar-refractivity contribution is 6.01. The molecule has 1 aliphatic rings. The van der Waals surface area contributed by atoms with E-state index in [9.17, 15) is 9.59 Å². The summed E-state index contributed by atoms with van der Waals surface area (Å²) >= 11 is 0. The number of hydrogen-bond donors (Lipinski definition) is 3. The van der Waals surface area contributed by atoms with Crippen molar-refractivity contribution in [1.82, 2.24) is 15.3 Å². The summed E-state index contributed by atoms with van der Waals surface area (Å²) < 4.78 is 0. The van der Waals surface area contributed by atoms with Crippen LogP contribution in [-0.2, 0) is 16.0 Å². The summed E-state index contributed by atoms with van der Waals surface area (Å²) in [5, 5.41) is 8.58. The Bertz CT molecular complexity index is 508. The van der Waals surface area contributed by atoms with Crippen molar-refractivity contribution in [2.24, 2.45) is 0 Å². The van der Waals surface area contributed by atoms with Gasteiger partial charge in [-0.2, -0.15) is 0 Å². The Morgan fingerprint density at radius 2 is 2.05 bits per heavy atom. The maximum absolute atomic E-state index is 11.8. The highest BCUT2D eigenvalue weighted by Crippen LogP contribution is 2.16. The van der Waals surface area contributed by atoms with Crippen LogP contribution in [0.3, 0.4) is 0 Å². The Balaban J connectivity index is 2.14. The Morgan fingerprint density at radius 1 is 1.29 bits per heavy atom. The Hall–Kier alpha value is -2.18. The van der Waals surface area contributed by atoms with Gasteiger partial charge in [0, 0.05) is 25.5 Å². The summed E-state index contributed by atoms with van der Waals surface area (Å²) in [5.41, 5.74) is 0. The molecule has 1 fully saturated rings. The van der Waals surface area contributed by atoms with Gasteiger partial charge in [0.1, 0.15) is 23.5 Å². The van der Waals surface area contributed by atoms with Crippen molar-refractivity contribution in [3.05, 3.63) is 11.9 Å². The molecular weight excluding hydrogens is 270 g/mol. The fourth-order valence-corrected chi connectivity index (χ4v) is 2.19. The molecule has 0 spiro atoms. The minimum Gasteiger partial charge on any atom is -0.370 e. The third-order valence-corrected chi connectivity index (χ3v) is 3.17. The van der Waals surface area contributed by atoms with E-state index < -0.39 is 6.04 Å². The number of carbonyl (C=O) groups excluding carboxylic acids is 2. The van der Waals surface area contributed by atoms with Crippen LogP contribution >= 0.6 is 0 Å². The maximum atomic E-state index is 11.8. The van der Waals surface area contributed by atoms with Crippen molar-refractivity contribution >= 4 is 23.5 Å². The van der Waals surface area contributed by atoms with Gasteiger partial charge in [-0.1, -0.05) is 6.92 Å². The van der Waals surface area contributed by atoms with Gasteiger partial charge in [0.15, 0.2) is 0 Å². The zero-order valence-corrected chi connectivity index (χ0v) is 12.4. The standard InChI is InChI=1S/C14H21N5O2/c1-3-5-10-17-11(15-4-2)8-12(18-10)16-9-6-7-13(20)19-14(9)21/h8-9H,3-7H2,1-2H3,(H,19,20,21)(H2,15,16,17,18). The molecule has 1 aromatic rings. The molecule has 1 unspecified atom stereocenters. The van der Waals surface area contributed by atoms with E-state index in [0.29, 0.717) is 18.7 Å². The van der Waals surface area contributed by atoms with Crippen molar-refractivity contribution < 1.29 is 9.59 Å². The van der Waals surface area contributed by atoms with Crippen LogP contribution in [0.1, 0.15) is 38.9 Å². The Labute approximate surface area is 123 Å². The third-order valence-electron chi connectivity index (χ3n) is 3.17. The van der Waals surface area contributed by atoms with Crippen molar-refractivity contribution in [3.8, 4) is 0 Å². The Kier molecular flexibility index (Phi) is 5.08. The molecule has 1 atom stereocenters. The van der Waals surface area contributed by atoms with Gasteiger partial charge in [-0.25, -0.2) is 9.97 Å². The number of piperidine rings is 1. The predicted octanol–water partition coefficient (Wildman–Crippen LogP) is 1.08. The molecule has 1 aromatic heterocycles. The highest BCUT2D eigenvalue weighted by Gasteiger charge is 2.26. The molecule has 2 heterocycles. The lowest BCUT2D eigenvalue weighted by Crippen LogP contribution is -2.47.